The molecule has 1 unspecified atom stereocenters. The summed E-state index contributed by atoms with van der Waals surface area (Å²) < 4.78 is 35.8. The summed E-state index contributed by atoms with van der Waals surface area (Å²) in [6.45, 7) is 7.28. The molecule has 0 saturated carbocycles. The van der Waals surface area contributed by atoms with Crippen LogP contribution in [0.25, 0.3) is 27.7 Å². The van der Waals surface area contributed by atoms with E-state index < -0.39 is 5.82 Å². The summed E-state index contributed by atoms with van der Waals surface area (Å²) in [5.41, 5.74) is 1.74. The van der Waals surface area contributed by atoms with E-state index in [0.717, 1.165) is 25.9 Å². The van der Waals surface area contributed by atoms with Gasteiger partial charge in [0.2, 0.25) is 0 Å². The smallest absolute Gasteiger partial charge is 0.318 e. The number of anilines is 1. The number of rotatable bonds is 5. The summed E-state index contributed by atoms with van der Waals surface area (Å²) in [6.07, 6.45) is 6.82. The number of nitrogens with zero attached hydrogens (tertiary/aromatic N) is 4. The molecule has 3 heterocycles. The first-order valence-electron chi connectivity index (χ1n) is 11.2. The molecule has 1 fully saturated rings. The second-order valence-electron chi connectivity index (χ2n) is 8.43. The predicted octanol–water partition coefficient (Wildman–Crippen LogP) is 6.35. The lowest BCUT2D eigenvalue weighted by Gasteiger charge is -2.32. The summed E-state index contributed by atoms with van der Waals surface area (Å²) >= 11 is 0. The van der Waals surface area contributed by atoms with E-state index in [1.165, 1.54) is 13.2 Å². The maximum absolute atomic E-state index is 15.9. The fourth-order valence-corrected chi connectivity index (χ4v) is 4.34. The number of ether oxygens (including phenoxy) is 1. The monoisotopic (exact) mass is 450 g/mol. The minimum atomic E-state index is -0.578. The summed E-state index contributed by atoms with van der Waals surface area (Å²) in [4.78, 5) is 15.5. The van der Waals surface area contributed by atoms with E-state index in [-0.39, 0.29) is 23.0 Å². The zero-order chi connectivity index (χ0) is 23.5. The van der Waals surface area contributed by atoms with Crippen molar-refractivity contribution in [2.75, 3.05) is 25.1 Å². The van der Waals surface area contributed by atoms with Gasteiger partial charge in [0.1, 0.15) is 22.9 Å². The Bertz CT molecular complexity index is 1240. The van der Waals surface area contributed by atoms with Gasteiger partial charge < -0.3 is 9.64 Å². The number of halogens is 2. The van der Waals surface area contributed by atoms with Gasteiger partial charge in [-0.2, -0.15) is 9.97 Å². The Morgan fingerprint density at radius 3 is 2.76 bits per heavy atom. The third-order valence-corrected chi connectivity index (χ3v) is 6.04. The number of aromatic nitrogens is 3. The number of pyridine rings is 1. The predicted molar refractivity (Wildman–Crippen MR) is 128 cm³/mol. The normalized spacial score (nSPS) is 17.5. The fraction of sp³-hybridized carbons (Fsp3) is 0.346. The van der Waals surface area contributed by atoms with E-state index in [1.54, 1.807) is 50.4 Å². The molecule has 172 valence electrons. The number of hydrogen-bond donors (Lipinski definition) is 0. The minimum Gasteiger partial charge on any atom is -0.467 e. The van der Waals surface area contributed by atoms with Crippen LogP contribution in [0.1, 0.15) is 39.2 Å². The number of allylic oxidation sites excluding steroid dienone is 4. The SMILES string of the molecule is C/C=C\C(F)=C(\C)c1ccccc1-c1ncc2c(N3CCCC(C)C3)nc(OC)nc2c1F. The van der Waals surface area contributed by atoms with Gasteiger partial charge in [0.25, 0.3) is 0 Å². The second kappa shape index (κ2) is 9.65. The number of benzene rings is 1. The molecule has 7 heteroatoms. The third kappa shape index (κ3) is 4.45. The standard InChI is InChI=1S/C26H28F2N4O/c1-5-9-21(27)17(3)18-11-6-7-12-19(18)23-22(28)24-20(14-29-23)25(31-26(30-24)33-4)32-13-8-10-16(2)15-32/h5-7,9,11-12,14,16H,8,10,13,15H2,1-4H3/b9-5-,21-17+. The van der Waals surface area contributed by atoms with Gasteiger partial charge in [0, 0.05) is 24.8 Å². The van der Waals surface area contributed by atoms with Crippen molar-refractivity contribution in [1.82, 2.24) is 15.0 Å². The summed E-state index contributed by atoms with van der Waals surface area (Å²) in [7, 11) is 1.47. The van der Waals surface area contributed by atoms with Crippen LogP contribution in [0.15, 0.2) is 48.4 Å². The van der Waals surface area contributed by atoms with E-state index in [0.29, 0.717) is 33.8 Å². The Labute approximate surface area is 192 Å². The van der Waals surface area contributed by atoms with Crippen molar-refractivity contribution in [3.8, 4) is 17.3 Å². The van der Waals surface area contributed by atoms with Crippen molar-refractivity contribution in [2.24, 2.45) is 5.92 Å². The van der Waals surface area contributed by atoms with Gasteiger partial charge in [0.15, 0.2) is 5.82 Å². The number of methoxy groups -OCH3 is 1. The number of fused-ring (bicyclic) bond motifs is 1. The molecule has 1 saturated heterocycles. The lowest BCUT2D eigenvalue weighted by molar-refractivity contribution is 0.379. The van der Waals surface area contributed by atoms with Crippen molar-refractivity contribution in [3.05, 3.63) is 59.8 Å². The molecule has 1 atom stereocenters. The van der Waals surface area contributed by atoms with Crippen LogP contribution >= 0.6 is 0 Å². The van der Waals surface area contributed by atoms with Gasteiger partial charge >= 0.3 is 6.01 Å². The first kappa shape index (κ1) is 22.8. The first-order valence-corrected chi connectivity index (χ1v) is 11.2. The van der Waals surface area contributed by atoms with Gasteiger partial charge in [0.05, 0.1) is 12.5 Å². The molecule has 4 rings (SSSR count). The molecule has 0 spiro atoms. The molecule has 1 aliphatic heterocycles. The zero-order valence-corrected chi connectivity index (χ0v) is 19.4. The molecule has 0 radical (unpaired) electrons. The largest absolute Gasteiger partial charge is 0.467 e. The van der Waals surface area contributed by atoms with E-state index >= 15 is 4.39 Å². The average molecular weight is 451 g/mol. The zero-order valence-electron chi connectivity index (χ0n) is 19.4. The van der Waals surface area contributed by atoms with Crippen LogP contribution < -0.4 is 9.64 Å². The van der Waals surface area contributed by atoms with Crippen LogP contribution in [0.3, 0.4) is 0 Å². The Morgan fingerprint density at radius 2 is 2.03 bits per heavy atom. The highest BCUT2D eigenvalue weighted by molar-refractivity contribution is 5.93. The van der Waals surface area contributed by atoms with Gasteiger partial charge in [-0.3, -0.25) is 4.98 Å². The molecule has 33 heavy (non-hydrogen) atoms. The highest BCUT2D eigenvalue weighted by Crippen LogP contribution is 2.36. The van der Waals surface area contributed by atoms with Gasteiger partial charge in [-0.15, -0.1) is 0 Å². The Hall–Kier alpha value is -3.35. The molecule has 2 aromatic heterocycles. The van der Waals surface area contributed by atoms with Crippen molar-refractivity contribution in [2.45, 2.75) is 33.6 Å². The lowest BCUT2D eigenvalue weighted by Crippen LogP contribution is -2.35. The average Bonchev–Trinajstić information content (AvgIpc) is 2.83. The molecule has 0 aliphatic carbocycles. The van der Waals surface area contributed by atoms with Crippen LogP contribution in [0.2, 0.25) is 0 Å². The van der Waals surface area contributed by atoms with Gasteiger partial charge in [-0.05, 0) is 49.8 Å². The summed E-state index contributed by atoms with van der Waals surface area (Å²) in [6, 6.07) is 7.19. The van der Waals surface area contributed by atoms with Crippen molar-refractivity contribution in [3.63, 3.8) is 0 Å². The van der Waals surface area contributed by atoms with Crippen molar-refractivity contribution in [1.29, 1.82) is 0 Å². The van der Waals surface area contributed by atoms with Crippen LogP contribution in [0.4, 0.5) is 14.6 Å². The molecule has 0 N–H and O–H groups in total. The maximum Gasteiger partial charge on any atom is 0.318 e. The molecule has 0 bridgehead atoms. The molecular formula is C26H28F2N4O. The Kier molecular flexibility index (Phi) is 6.67. The Balaban J connectivity index is 1.91. The first-order chi connectivity index (χ1) is 15.9. The third-order valence-electron chi connectivity index (χ3n) is 6.04. The van der Waals surface area contributed by atoms with Crippen LogP contribution in [0, 0.1) is 11.7 Å². The number of hydrogen-bond acceptors (Lipinski definition) is 5. The summed E-state index contributed by atoms with van der Waals surface area (Å²) in [5.74, 6) is 0.188. The summed E-state index contributed by atoms with van der Waals surface area (Å²) in [5, 5.41) is 0.538. The lowest BCUT2D eigenvalue weighted by atomic mass is 9.96. The fourth-order valence-electron chi connectivity index (χ4n) is 4.34. The van der Waals surface area contributed by atoms with Crippen LogP contribution in [-0.2, 0) is 0 Å². The van der Waals surface area contributed by atoms with Gasteiger partial charge in [-0.25, -0.2) is 8.78 Å². The molecule has 3 aromatic rings. The molecule has 1 aromatic carbocycles. The molecule has 0 amide bonds. The maximum atomic E-state index is 15.9. The topological polar surface area (TPSA) is 51.1 Å². The van der Waals surface area contributed by atoms with Crippen molar-refractivity contribution >= 4 is 22.3 Å². The quantitative estimate of drug-likeness (QED) is 0.424. The minimum absolute atomic E-state index is 0.107. The molecular weight excluding hydrogens is 422 g/mol. The number of piperidine rings is 1. The van der Waals surface area contributed by atoms with E-state index in [2.05, 4.69) is 26.8 Å². The van der Waals surface area contributed by atoms with Crippen LogP contribution in [0.5, 0.6) is 6.01 Å². The second-order valence-corrected chi connectivity index (χ2v) is 8.43. The molecule has 5 nitrogen and oxygen atoms in total. The van der Waals surface area contributed by atoms with E-state index in [9.17, 15) is 4.39 Å². The van der Waals surface area contributed by atoms with E-state index in [1.807, 2.05) is 0 Å². The highest BCUT2D eigenvalue weighted by atomic mass is 19.1. The van der Waals surface area contributed by atoms with E-state index in [4.69, 9.17) is 4.74 Å². The van der Waals surface area contributed by atoms with Gasteiger partial charge in [-0.1, -0.05) is 37.3 Å². The highest BCUT2D eigenvalue weighted by Gasteiger charge is 2.24. The molecule has 1 aliphatic rings. The van der Waals surface area contributed by atoms with Crippen molar-refractivity contribution < 1.29 is 13.5 Å². The van der Waals surface area contributed by atoms with Crippen LogP contribution in [-0.4, -0.2) is 35.2 Å². The Morgan fingerprint density at radius 1 is 1.24 bits per heavy atom.